The van der Waals surface area contributed by atoms with Gasteiger partial charge in [0.15, 0.2) is 0 Å². The number of nitrogens with zero attached hydrogens (tertiary/aromatic N) is 2. The fraction of sp³-hybridized carbons (Fsp3) is 0.381. The molecule has 1 aliphatic carbocycles. The Morgan fingerprint density at radius 2 is 1.71 bits per heavy atom. The minimum atomic E-state index is -3.57. The molecule has 0 atom stereocenters. The van der Waals surface area contributed by atoms with E-state index in [0.29, 0.717) is 23.5 Å². The number of para-hydroxylation sites is 1. The largest absolute Gasteiger partial charge is 0.507 e. The van der Waals surface area contributed by atoms with Gasteiger partial charge in [-0.15, -0.1) is 0 Å². The minimum absolute atomic E-state index is 0.0132. The Hall–Kier alpha value is -2.38. The van der Waals surface area contributed by atoms with Crippen LogP contribution in [0.1, 0.15) is 33.5 Å². The van der Waals surface area contributed by atoms with Gasteiger partial charge in [-0.1, -0.05) is 18.2 Å². The van der Waals surface area contributed by atoms with E-state index in [2.05, 4.69) is 0 Å². The van der Waals surface area contributed by atoms with Crippen molar-refractivity contribution in [2.24, 2.45) is 0 Å². The third kappa shape index (κ3) is 3.29. The molecule has 6 nitrogen and oxygen atoms in total. The van der Waals surface area contributed by atoms with Gasteiger partial charge in [0.25, 0.3) is 5.91 Å². The Balaban J connectivity index is 1.48. The zero-order chi connectivity index (χ0) is 19.9. The van der Waals surface area contributed by atoms with Crippen molar-refractivity contribution < 1.29 is 18.3 Å². The van der Waals surface area contributed by atoms with Crippen LogP contribution in [0.4, 0.5) is 0 Å². The number of rotatable bonds is 3. The molecular formula is C21H24N2O4S. The number of amides is 1. The van der Waals surface area contributed by atoms with Crippen LogP contribution in [0.3, 0.4) is 0 Å². The molecule has 2 aromatic rings. The SMILES string of the molecule is Cc1cccc(C(=O)N2CCN(S(=O)(=O)c3ccc4c(c3)CCC4)CC2)c1O. The topological polar surface area (TPSA) is 77.9 Å². The Morgan fingerprint density at radius 1 is 1.00 bits per heavy atom. The van der Waals surface area contributed by atoms with Crippen molar-refractivity contribution in [3.05, 3.63) is 58.7 Å². The molecule has 28 heavy (non-hydrogen) atoms. The maximum atomic E-state index is 13.0. The van der Waals surface area contributed by atoms with E-state index in [-0.39, 0.29) is 30.3 Å². The summed E-state index contributed by atoms with van der Waals surface area (Å²) >= 11 is 0. The summed E-state index contributed by atoms with van der Waals surface area (Å²) in [6.07, 6.45) is 3.02. The number of fused-ring (bicyclic) bond motifs is 1. The minimum Gasteiger partial charge on any atom is -0.507 e. The predicted octanol–water partition coefficient (Wildman–Crippen LogP) is 2.34. The molecule has 148 valence electrons. The number of aryl methyl sites for hydroxylation is 3. The first-order valence-electron chi connectivity index (χ1n) is 9.58. The van der Waals surface area contributed by atoms with Gasteiger partial charge in [-0.05, 0) is 61.1 Å². The van der Waals surface area contributed by atoms with Crippen LogP contribution in [0, 0.1) is 6.92 Å². The second kappa shape index (κ2) is 7.22. The van der Waals surface area contributed by atoms with E-state index in [1.807, 2.05) is 6.07 Å². The summed E-state index contributed by atoms with van der Waals surface area (Å²) in [4.78, 5) is 14.7. The van der Waals surface area contributed by atoms with E-state index < -0.39 is 10.0 Å². The number of phenolic OH excluding ortho intramolecular Hbond substituents is 1. The van der Waals surface area contributed by atoms with Crippen molar-refractivity contribution in [1.82, 2.24) is 9.21 Å². The molecule has 4 rings (SSSR count). The molecule has 1 aliphatic heterocycles. The number of carbonyl (C=O) groups excluding carboxylic acids is 1. The summed E-state index contributed by atoms with van der Waals surface area (Å²) in [6.45, 7) is 2.84. The van der Waals surface area contributed by atoms with Crippen molar-refractivity contribution in [2.75, 3.05) is 26.2 Å². The second-order valence-electron chi connectivity index (χ2n) is 7.45. The van der Waals surface area contributed by atoms with Crippen LogP contribution in [0.2, 0.25) is 0 Å². The van der Waals surface area contributed by atoms with E-state index in [9.17, 15) is 18.3 Å². The number of piperazine rings is 1. The van der Waals surface area contributed by atoms with Gasteiger partial charge in [-0.2, -0.15) is 4.31 Å². The lowest BCUT2D eigenvalue weighted by Gasteiger charge is -2.34. The number of hydrogen-bond donors (Lipinski definition) is 1. The van der Waals surface area contributed by atoms with E-state index in [0.717, 1.165) is 24.8 Å². The standard InChI is InChI=1S/C21H24N2O4S/c1-15-4-2-7-19(20(15)24)21(25)22-10-12-23(13-11-22)28(26,27)18-9-8-16-5-3-6-17(16)14-18/h2,4,7-9,14,24H,3,5-6,10-13H2,1H3. The highest BCUT2D eigenvalue weighted by atomic mass is 32.2. The Morgan fingerprint density at radius 3 is 2.46 bits per heavy atom. The van der Waals surface area contributed by atoms with Gasteiger partial charge in [-0.3, -0.25) is 4.79 Å². The van der Waals surface area contributed by atoms with Gasteiger partial charge in [0.1, 0.15) is 5.75 Å². The highest BCUT2D eigenvalue weighted by molar-refractivity contribution is 7.89. The van der Waals surface area contributed by atoms with E-state index >= 15 is 0 Å². The molecule has 1 heterocycles. The molecular weight excluding hydrogens is 376 g/mol. The highest BCUT2D eigenvalue weighted by Crippen LogP contribution is 2.27. The zero-order valence-electron chi connectivity index (χ0n) is 15.9. The second-order valence-corrected chi connectivity index (χ2v) is 9.39. The lowest BCUT2D eigenvalue weighted by Crippen LogP contribution is -2.50. The quantitative estimate of drug-likeness (QED) is 0.858. The summed E-state index contributed by atoms with van der Waals surface area (Å²) < 4.78 is 27.5. The van der Waals surface area contributed by atoms with Gasteiger partial charge in [0.05, 0.1) is 10.5 Å². The van der Waals surface area contributed by atoms with Crippen LogP contribution >= 0.6 is 0 Å². The van der Waals surface area contributed by atoms with Crippen molar-refractivity contribution in [3.8, 4) is 5.75 Å². The smallest absolute Gasteiger partial charge is 0.257 e. The van der Waals surface area contributed by atoms with Crippen LogP contribution in [0.5, 0.6) is 5.75 Å². The lowest BCUT2D eigenvalue weighted by atomic mass is 10.1. The van der Waals surface area contributed by atoms with E-state index in [1.54, 1.807) is 42.2 Å². The normalized spacial score (nSPS) is 17.5. The summed E-state index contributed by atoms with van der Waals surface area (Å²) in [6, 6.07) is 10.5. The molecule has 0 unspecified atom stereocenters. The summed E-state index contributed by atoms with van der Waals surface area (Å²) in [5.74, 6) is -0.281. The van der Waals surface area contributed by atoms with Crippen molar-refractivity contribution in [2.45, 2.75) is 31.1 Å². The van der Waals surface area contributed by atoms with Gasteiger partial charge < -0.3 is 10.0 Å². The van der Waals surface area contributed by atoms with E-state index in [4.69, 9.17) is 0 Å². The average Bonchev–Trinajstić information content (AvgIpc) is 3.17. The van der Waals surface area contributed by atoms with Crippen LogP contribution in [0.15, 0.2) is 41.3 Å². The van der Waals surface area contributed by atoms with E-state index in [1.165, 1.54) is 9.87 Å². The maximum absolute atomic E-state index is 13.0. The molecule has 2 aliphatic rings. The third-order valence-electron chi connectivity index (χ3n) is 5.70. The fourth-order valence-electron chi connectivity index (χ4n) is 3.99. The zero-order valence-corrected chi connectivity index (χ0v) is 16.7. The lowest BCUT2D eigenvalue weighted by molar-refractivity contribution is 0.0694. The van der Waals surface area contributed by atoms with Crippen molar-refractivity contribution in [1.29, 1.82) is 0 Å². The highest BCUT2D eigenvalue weighted by Gasteiger charge is 2.31. The maximum Gasteiger partial charge on any atom is 0.257 e. The summed E-state index contributed by atoms with van der Waals surface area (Å²) in [5, 5.41) is 10.2. The molecule has 0 spiro atoms. The number of aromatic hydroxyl groups is 1. The number of carbonyl (C=O) groups is 1. The van der Waals surface area contributed by atoms with Gasteiger partial charge in [0, 0.05) is 26.2 Å². The van der Waals surface area contributed by atoms with Crippen LogP contribution in [0.25, 0.3) is 0 Å². The molecule has 0 bridgehead atoms. The average molecular weight is 401 g/mol. The monoisotopic (exact) mass is 400 g/mol. The van der Waals surface area contributed by atoms with Gasteiger partial charge in [0.2, 0.25) is 10.0 Å². The predicted molar refractivity (Wildman–Crippen MR) is 106 cm³/mol. The molecule has 0 aromatic heterocycles. The van der Waals surface area contributed by atoms with Crippen LogP contribution < -0.4 is 0 Å². The molecule has 1 fully saturated rings. The summed E-state index contributed by atoms with van der Waals surface area (Å²) in [5.41, 5.74) is 3.27. The molecule has 0 saturated carbocycles. The van der Waals surface area contributed by atoms with Crippen LogP contribution in [-0.4, -0.2) is 54.8 Å². The fourth-order valence-corrected chi connectivity index (χ4v) is 5.46. The number of benzene rings is 2. The molecule has 2 aromatic carbocycles. The molecule has 7 heteroatoms. The molecule has 1 saturated heterocycles. The number of phenols is 1. The first-order valence-corrected chi connectivity index (χ1v) is 11.0. The van der Waals surface area contributed by atoms with Crippen molar-refractivity contribution in [3.63, 3.8) is 0 Å². The number of sulfonamides is 1. The third-order valence-corrected chi connectivity index (χ3v) is 7.60. The summed E-state index contributed by atoms with van der Waals surface area (Å²) in [7, 11) is -3.57. The molecule has 1 amide bonds. The molecule has 1 N–H and O–H groups in total. The Bertz CT molecular complexity index is 1020. The first kappa shape index (κ1) is 19.0. The first-order chi connectivity index (χ1) is 13.4. The Kier molecular flexibility index (Phi) is 4.89. The Labute approximate surface area is 165 Å². The molecule has 0 radical (unpaired) electrons. The van der Waals surface area contributed by atoms with Crippen LogP contribution in [-0.2, 0) is 22.9 Å². The van der Waals surface area contributed by atoms with Gasteiger partial charge >= 0.3 is 0 Å². The van der Waals surface area contributed by atoms with Crippen molar-refractivity contribution >= 4 is 15.9 Å². The van der Waals surface area contributed by atoms with Gasteiger partial charge in [-0.25, -0.2) is 8.42 Å². The number of hydrogen-bond acceptors (Lipinski definition) is 4.